The fourth-order valence-electron chi connectivity index (χ4n) is 2.38. The normalized spacial score (nSPS) is 20.2. The van der Waals surface area contributed by atoms with Crippen molar-refractivity contribution in [2.75, 3.05) is 18.6 Å². The van der Waals surface area contributed by atoms with Gasteiger partial charge in [0.2, 0.25) is 0 Å². The standard InChI is InChI=1S/C13H20N2O/c1-10-4-3-7-15(10)12-6-5-11(9-14)8-13(12)16-2/h5-6,8,10H,3-4,7,9,14H2,1-2H3. The number of nitrogens with two attached hydrogens (primary N) is 1. The molecule has 1 heterocycles. The van der Waals surface area contributed by atoms with Gasteiger partial charge >= 0.3 is 0 Å². The summed E-state index contributed by atoms with van der Waals surface area (Å²) in [6, 6.07) is 6.86. The molecule has 1 aliphatic heterocycles. The number of benzene rings is 1. The van der Waals surface area contributed by atoms with Crippen LogP contribution in [-0.2, 0) is 6.54 Å². The van der Waals surface area contributed by atoms with Crippen molar-refractivity contribution in [3.05, 3.63) is 23.8 Å². The molecule has 3 nitrogen and oxygen atoms in total. The van der Waals surface area contributed by atoms with Crippen molar-refractivity contribution in [3.63, 3.8) is 0 Å². The highest BCUT2D eigenvalue weighted by atomic mass is 16.5. The van der Waals surface area contributed by atoms with Gasteiger partial charge in [-0.15, -0.1) is 0 Å². The zero-order chi connectivity index (χ0) is 11.5. The molecule has 0 saturated carbocycles. The van der Waals surface area contributed by atoms with E-state index in [0.29, 0.717) is 12.6 Å². The Bertz CT molecular complexity index is 365. The number of ether oxygens (including phenoxy) is 1. The number of nitrogens with zero attached hydrogens (tertiary/aromatic N) is 1. The molecule has 0 aliphatic carbocycles. The minimum atomic E-state index is 0.562. The van der Waals surface area contributed by atoms with E-state index in [4.69, 9.17) is 10.5 Å². The van der Waals surface area contributed by atoms with Gasteiger partial charge in [-0.1, -0.05) is 6.07 Å². The second kappa shape index (κ2) is 4.74. The van der Waals surface area contributed by atoms with E-state index >= 15 is 0 Å². The van der Waals surface area contributed by atoms with Gasteiger partial charge in [0.15, 0.2) is 0 Å². The Balaban J connectivity index is 2.32. The molecular weight excluding hydrogens is 200 g/mol. The third-order valence-corrected chi connectivity index (χ3v) is 3.34. The summed E-state index contributed by atoms with van der Waals surface area (Å²) in [5.74, 6) is 0.941. The number of hydrogen-bond acceptors (Lipinski definition) is 3. The fourth-order valence-corrected chi connectivity index (χ4v) is 2.38. The van der Waals surface area contributed by atoms with Crippen molar-refractivity contribution in [1.29, 1.82) is 0 Å². The molecule has 1 atom stereocenters. The van der Waals surface area contributed by atoms with Crippen molar-refractivity contribution >= 4 is 5.69 Å². The van der Waals surface area contributed by atoms with E-state index in [1.54, 1.807) is 7.11 Å². The zero-order valence-corrected chi connectivity index (χ0v) is 10.1. The van der Waals surface area contributed by atoms with Crippen LogP contribution in [0.5, 0.6) is 5.75 Å². The number of methoxy groups -OCH3 is 1. The van der Waals surface area contributed by atoms with Crippen LogP contribution in [0.3, 0.4) is 0 Å². The second-order valence-corrected chi connectivity index (χ2v) is 4.39. The van der Waals surface area contributed by atoms with Crippen molar-refractivity contribution in [2.24, 2.45) is 5.73 Å². The Morgan fingerprint density at radius 3 is 2.88 bits per heavy atom. The molecule has 3 heteroatoms. The van der Waals surface area contributed by atoms with Crippen LogP contribution in [0.15, 0.2) is 18.2 Å². The zero-order valence-electron chi connectivity index (χ0n) is 10.1. The summed E-state index contributed by atoms with van der Waals surface area (Å²) in [4.78, 5) is 2.42. The van der Waals surface area contributed by atoms with E-state index in [2.05, 4.69) is 24.0 Å². The maximum Gasteiger partial charge on any atom is 0.142 e. The predicted molar refractivity (Wildman–Crippen MR) is 66.9 cm³/mol. The van der Waals surface area contributed by atoms with Crippen molar-refractivity contribution < 1.29 is 4.74 Å². The van der Waals surface area contributed by atoms with Gasteiger partial charge in [-0.2, -0.15) is 0 Å². The molecule has 0 radical (unpaired) electrons. The molecule has 16 heavy (non-hydrogen) atoms. The van der Waals surface area contributed by atoms with Crippen LogP contribution in [-0.4, -0.2) is 19.7 Å². The average Bonchev–Trinajstić information content (AvgIpc) is 2.74. The quantitative estimate of drug-likeness (QED) is 0.848. The lowest BCUT2D eigenvalue weighted by Gasteiger charge is -2.26. The molecule has 1 aromatic rings. The van der Waals surface area contributed by atoms with Crippen LogP contribution in [0.25, 0.3) is 0 Å². The highest BCUT2D eigenvalue weighted by molar-refractivity contribution is 5.61. The van der Waals surface area contributed by atoms with Crippen molar-refractivity contribution in [3.8, 4) is 5.75 Å². The first-order valence-corrected chi connectivity index (χ1v) is 5.90. The van der Waals surface area contributed by atoms with Crippen LogP contribution in [0, 0.1) is 0 Å². The lowest BCUT2D eigenvalue weighted by atomic mass is 10.1. The van der Waals surface area contributed by atoms with Crippen LogP contribution >= 0.6 is 0 Å². The highest BCUT2D eigenvalue weighted by Crippen LogP contribution is 2.34. The Morgan fingerprint density at radius 2 is 2.31 bits per heavy atom. The molecule has 2 rings (SSSR count). The molecule has 1 aromatic carbocycles. The van der Waals surface area contributed by atoms with Gasteiger partial charge in [-0.25, -0.2) is 0 Å². The molecule has 1 unspecified atom stereocenters. The molecule has 88 valence electrons. The largest absolute Gasteiger partial charge is 0.495 e. The number of rotatable bonds is 3. The van der Waals surface area contributed by atoms with Crippen molar-refractivity contribution in [2.45, 2.75) is 32.4 Å². The molecule has 0 spiro atoms. The van der Waals surface area contributed by atoms with E-state index in [1.165, 1.54) is 18.5 Å². The van der Waals surface area contributed by atoms with Gasteiger partial charge < -0.3 is 15.4 Å². The van der Waals surface area contributed by atoms with Gasteiger partial charge in [0, 0.05) is 19.1 Å². The van der Waals surface area contributed by atoms with Crippen LogP contribution in [0.4, 0.5) is 5.69 Å². The van der Waals surface area contributed by atoms with Crippen LogP contribution < -0.4 is 15.4 Å². The summed E-state index contributed by atoms with van der Waals surface area (Å²) >= 11 is 0. The van der Waals surface area contributed by atoms with E-state index < -0.39 is 0 Å². The third-order valence-electron chi connectivity index (χ3n) is 3.34. The minimum Gasteiger partial charge on any atom is -0.495 e. The van der Waals surface area contributed by atoms with E-state index in [9.17, 15) is 0 Å². The molecule has 0 bridgehead atoms. The lowest BCUT2D eigenvalue weighted by Crippen LogP contribution is -2.26. The predicted octanol–water partition coefficient (Wildman–Crippen LogP) is 2.14. The fraction of sp³-hybridized carbons (Fsp3) is 0.538. The summed E-state index contributed by atoms with van der Waals surface area (Å²) in [5.41, 5.74) is 7.95. The Kier molecular flexibility index (Phi) is 3.34. The summed E-state index contributed by atoms with van der Waals surface area (Å²) in [6.45, 7) is 3.95. The first-order valence-electron chi connectivity index (χ1n) is 5.90. The first-order chi connectivity index (χ1) is 7.76. The summed E-state index contributed by atoms with van der Waals surface area (Å²) in [6.07, 6.45) is 2.53. The molecule has 1 aliphatic rings. The Labute approximate surface area is 97.2 Å². The number of anilines is 1. The van der Waals surface area contributed by atoms with Gasteiger partial charge in [-0.05, 0) is 37.5 Å². The number of hydrogen-bond donors (Lipinski definition) is 1. The Morgan fingerprint density at radius 1 is 1.50 bits per heavy atom. The first kappa shape index (κ1) is 11.3. The van der Waals surface area contributed by atoms with E-state index in [1.807, 2.05) is 6.07 Å². The van der Waals surface area contributed by atoms with Crippen LogP contribution in [0.1, 0.15) is 25.3 Å². The molecule has 2 N–H and O–H groups in total. The maximum atomic E-state index is 5.64. The summed E-state index contributed by atoms with van der Waals surface area (Å²) in [7, 11) is 1.72. The minimum absolute atomic E-state index is 0.562. The lowest BCUT2D eigenvalue weighted by molar-refractivity contribution is 0.413. The monoisotopic (exact) mass is 220 g/mol. The summed E-state index contributed by atoms with van der Waals surface area (Å²) < 4.78 is 5.45. The highest BCUT2D eigenvalue weighted by Gasteiger charge is 2.23. The SMILES string of the molecule is COc1cc(CN)ccc1N1CCCC1C. The molecule has 0 aromatic heterocycles. The molecule has 1 fully saturated rings. The topological polar surface area (TPSA) is 38.5 Å². The molecular formula is C13H20N2O. The molecule has 1 saturated heterocycles. The maximum absolute atomic E-state index is 5.64. The summed E-state index contributed by atoms with van der Waals surface area (Å²) in [5, 5.41) is 0. The van der Waals surface area contributed by atoms with Crippen molar-refractivity contribution in [1.82, 2.24) is 0 Å². The van der Waals surface area contributed by atoms with E-state index in [0.717, 1.165) is 17.9 Å². The third kappa shape index (κ3) is 2.00. The van der Waals surface area contributed by atoms with E-state index in [-0.39, 0.29) is 0 Å². The van der Waals surface area contributed by atoms with Gasteiger partial charge in [0.25, 0.3) is 0 Å². The van der Waals surface area contributed by atoms with Gasteiger partial charge in [-0.3, -0.25) is 0 Å². The van der Waals surface area contributed by atoms with Crippen LogP contribution in [0.2, 0.25) is 0 Å². The Hall–Kier alpha value is -1.22. The average molecular weight is 220 g/mol. The smallest absolute Gasteiger partial charge is 0.142 e. The second-order valence-electron chi connectivity index (χ2n) is 4.39. The van der Waals surface area contributed by atoms with Gasteiger partial charge in [0.1, 0.15) is 5.75 Å². The molecule has 0 amide bonds. The van der Waals surface area contributed by atoms with Gasteiger partial charge in [0.05, 0.1) is 12.8 Å².